The molecule has 8 nitrogen and oxygen atoms in total. The van der Waals surface area contributed by atoms with Gasteiger partial charge >= 0.3 is 6.18 Å². The maximum absolute atomic E-state index is 13.3. The lowest BCUT2D eigenvalue weighted by Gasteiger charge is -2.26. The van der Waals surface area contributed by atoms with Crippen molar-refractivity contribution < 1.29 is 18.0 Å². The Morgan fingerprint density at radius 2 is 1.89 bits per heavy atom. The van der Waals surface area contributed by atoms with Crippen molar-refractivity contribution in [1.29, 1.82) is 0 Å². The van der Waals surface area contributed by atoms with Crippen LogP contribution in [0.25, 0.3) is 11.3 Å². The van der Waals surface area contributed by atoms with Crippen LogP contribution in [0.15, 0.2) is 30.3 Å². The molecule has 0 aliphatic carbocycles. The van der Waals surface area contributed by atoms with Gasteiger partial charge in [-0.1, -0.05) is 37.1 Å². The van der Waals surface area contributed by atoms with Crippen LogP contribution in [0.3, 0.4) is 0 Å². The third-order valence-corrected chi connectivity index (χ3v) is 4.39. The van der Waals surface area contributed by atoms with Gasteiger partial charge in [0, 0.05) is 11.6 Å². The minimum atomic E-state index is -4.54. The van der Waals surface area contributed by atoms with E-state index in [9.17, 15) is 18.0 Å². The van der Waals surface area contributed by atoms with E-state index in [-0.39, 0.29) is 28.9 Å². The summed E-state index contributed by atoms with van der Waals surface area (Å²) in [5.41, 5.74) is -0.882. The zero-order valence-corrected chi connectivity index (χ0v) is 15.2. The summed E-state index contributed by atoms with van der Waals surface area (Å²) in [5.74, 6) is -0.413. The lowest BCUT2D eigenvalue weighted by molar-refractivity contribution is -0.137. The summed E-state index contributed by atoms with van der Waals surface area (Å²) in [6.07, 6.45) is -3.27. The predicted molar refractivity (Wildman–Crippen MR) is 94.4 cm³/mol. The molecule has 3 aromatic rings. The third-order valence-electron chi connectivity index (χ3n) is 4.39. The van der Waals surface area contributed by atoms with E-state index in [4.69, 9.17) is 0 Å². The van der Waals surface area contributed by atoms with Crippen molar-refractivity contribution in [2.24, 2.45) is 0 Å². The summed E-state index contributed by atoms with van der Waals surface area (Å²) >= 11 is 0. The summed E-state index contributed by atoms with van der Waals surface area (Å²) in [6.45, 7) is 3.82. The Hall–Kier alpha value is -3.24. The first-order valence-electron chi connectivity index (χ1n) is 8.65. The molecule has 0 atom stereocenters. The maximum atomic E-state index is 13.3. The molecule has 0 radical (unpaired) electrons. The van der Waals surface area contributed by atoms with E-state index in [2.05, 4.69) is 30.8 Å². The summed E-state index contributed by atoms with van der Waals surface area (Å²) in [7, 11) is 0. The first-order chi connectivity index (χ1) is 13.4. The number of hydrogen-bond acceptors (Lipinski definition) is 5. The summed E-state index contributed by atoms with van der Waals surface area (Å²) in [5, 5.41) is 20.0. The van der Waals surface area contributed by atoms with Gasteiger partial charge in [0.1, 0.15) is 5.69 Å². The van der Waals surface area contributed by atoms with Gasteiger partial charge in [0.25, 0.3) is 11.9 Å². The lowest BCUT2D eigenvalue weighted by atomic mass is 10.0. The number of H-pyrrole nitrogens is 2. The fraction of sp³-hybridized carbons (Fsp3) is 0.353. The van der Waals surface area contributed by atoms with Gasteiger partial charge in [0.15, 0.2) is 0 Å². The van der Waals surface area contributed by atoms with Gasteiger partial charge in [-0.15, -0.1) is 5.10 Å². The molecule has 2 N–H and O–H groups in total. The molecule has 0 fully saturated rings. The molecule has 0 spiro atoms. The second-order valence-corrected chi connectivity index (χ2v) is 6.07. The van der Waals surface area contributed by atoms with Gasteiger partial charge in [-0.05, 0) is 30.2 Å². The molecule has 28 heavy (non-hydrogen) atoms. The lowest BCUT2D eigenvalue weighted by Crippen LogP contribution is -2.41. The Bertz CT molecular complexity index is 932. The zero-order chi connectivity index (χ0) is 20.3. The van der Waals surface area contributed by atoms with Crippen LogP contribution < -0.4 is 4.90 Å². The normalized spacial score (nSPS) is 11.8. The predicted octanol–water partition coefficient (Wildman–Crippen LogP) is 3.44. The van der Waals surface area contributed by atoms with E-state index >= 15 is 0 Å². The smallest absolute Gasteiger partial charge is 0.272 e. The highest BCUT2D eigenvalue weighted by Gasteiger charge is 2.34. The van der Waals surface area contributed by atoms with E-state index < -0.39 is 17.6 Å². The molecule has 2 heterocycles. The Morgan fingerprint density at radius 3 is 2.50 bits per heavy atom. The largest absolute Gasteiger partial charge is 0.417 e. The molecule has 1 aromatic carbocycles. The van der Waals surface area contributed by atoms with Crippen molar-refractivity contribution in [1.82, 2.24) is 30.8 Å². The minimum absolute atomic E-state index is 0.0221. The van der Waals surface area contributed by atoms with Gasteiger partial charge in [-0.3, -0.25) is 14.8 Å². The molecule has 0 unspecified atom stereocenters. The van der Waals surface area contributed by atoms with Crippen LogP contribution in [0.1, 0.15) is 42.7 Å². The minimum Gasteiger partial charge on any atom is -0.272 e. The van der Waals surface area contributed by atoms with Crippen LogP contribution in [-0.4, -0.2) is 42.8 Å². The van der Waals surface area contributed by atoms with Crippen molar-refractivity contribution in [2.75, 3.05) is 4.90 Å². The average molecular weight is 393 g/mol. The standard InChI is InChI=1S/C17H18F3N7O/c1-3-10(4-2)27(16-23-25-26-24-16)15(28)14-9-13(21-22-14)11-7-5-6-8-12(11)17(18,19)20/h5-10H,3-4H2,1-2H3,(H,21,22)(H,23,24,25,26). The molecule has 0 saturated carbocycles. The highest BCUT2D eigenvalue weighted by atomic mass is 19.4. The van der Waals surface area contributed by atoms with Gasteiger partial charge in [0.2, 0.25) is 0 Å². The maximum Gasteiger partial charge on any atom is 0.417 e. The van der Waals surface area contributed by atoms with Gasteiger partial charge in [-0.2, -0.15) is 23.5 Å². The molecule has 0 aliphatic heterocycles. The number of nitrogens with one attached hydrogen (secondary N) is 2. The fourth-order valence-corrected chi connectivity index (χ4v) is 2.99. The number of rotatable bonds is 6. The van der Waals surface area contributed by atoms with Crippen molar-refractivity contribution in [3.63, 3.8) is 0 Å². The highest BCUT2D eigenvalue weighted by Crippen LogP contribution is 2.36. The second kappa shape index (κ2) is 7.79. The number of tetrazole rings is 1. The third kappa shape index (κ3) is 3.73. The summed E-state index contributed by atoms with van der Waals surface area (Å²) < 4.78 is 39.8. The molecule has 2 aromatic heterocycles. The van der Waals surface area contributed by atoms with Crippen molar-refractivity contribution in [2.45, 2.75) is 38.9 Å². The number of anilines is 1. The Balaban J connectivity index is 1.98. The number of hydrogen-bond donors (Lipinski definition) is 2. The van der Waals surface area contributed by atoms with Crippen molar-refractivity contribution in [3.8, 4) is 11.3 Å². The summed E-state index contributed by atoms with van der Waals surface area (Å²) in [4.78, 5) is 14.4. The van der Waals surface area contributed by atoms with Gasteiger partial charge < -0.3 is 0 Å². The summed E-state index contributed by atoms with van der Waals surface area (Å²) in [6, 6.07) is 6.15. The molecule has 3 rings (SSSR count). The van der Waals surface area contributed by atoms with E-state index in [1.807, 2.05) is 13.8 Å². The number of carbonyl (C=O) groups is 1. The highest BCUT2D eigenvalue weighted by molar-refractivity contribution is 6.04. The first kappa shape index (κ1) is 19.5. The van der Waals surface area contributed by atoms with Crippen LogP contribution in [0, 0.1) is 0 Å². The zero-order valence-electron chi connectivity index (χ0n) is 15.2. The number of aromatic nitrogens is 6. The number of benzene rings is 1. The Labute approximate surface area is 158 Å². The van der Waals surface area contributed by atoms with E-state index in [1.165, 1.54) is 29.2 Å². The number of amides is 1. The van der Waals surface area contributed by atoms with Crippen LogP contribution >= 0.6 is 0 Å². The Kier molecular flexibility index (Phi) is 5.43. The van der Waals surface area contributed by atoms with Gasteiger partial charge in [0.05, 0.1) is 11.3 Å². The van der Waals surface area contributed by atoms with Crippen LogP contribution in [0.4, 0.5) is 19.1 Å². The second-order valence-electron chi connectivity index (χ2n) is 6.07. The SMILES string of the molecule is CCC(CC)N(C(=O)c1cc(-c2ccccc2C(F)(F)F)n[nH]1)c1nn[nH]n1. The first-order valence-corrected chi connectivity index (χ1v) is 8.65. The monoisotopic (exact) mass is 393 g/mol. The van der Waals surface area contributed by atoms with Crippen LogP contribution in [0.2, 0.25) is 0 Å². The van der Waals surface area contributed by atoms with Gasteiger partial charge in [-0.25, -0.2) is 0 Å². The molecule has 0 bridgehead atoms. The fourth-order valence-electron chi connectivity index (χ4n) is 2.99. The van der Waals surface area contributed by atoms with Crippen LogP contribution in [-0.2, 0) is 6.18 Å². The van der Waals surface area contributed by atoms with E-state index in [1.54, 1.807) is 0 Å². The number of aromatic amines is 2. The molecule has 1 amide bonds. The number of halogens is 3. The van der Waals surface area contributed by atoms with Crippen molar-refractivity contribution in [3.05, 3.63) is 41.6 Å². The molecule has 0 saturated heterocycles. The van der Waals surface area contributed by atoms with Crippen LogP contribution in [0.5, 0.6) is 0 Å². The molecular formula is C17H18F3N7O. The molecule has 0 aliphatic rings. The van der Waals surface area contributed by atoms with E-state index in [0.29, 0.717) is 12.8 Å². The Morgan fingerprint density at radius 1 is 1.18 bits per heavy atom. The topological polar surface area (TPSA) is 103 Å². The number of carbonyl (C=O) groups excluding carboxylic acids is 1. The number of nitrogens with zero attached hydrogens (tertiary/aromatic N) is 5. The average Bonchev–Trinajstić information content (AvgIpc) is 3.36. The molecule has 148 valence electrons. The molecule has 11 heteroatoms. The van der Waals surface area contributed by atoms with Crippen molar-refractivity contribution >= 4 is 11.9 Å². The molecular weight excluding hydrogens is 375 g/mol. The quantitative estimate of drug-likeness (QED) is 0.668. The van der Waals surface area contributed by atoms with E-state index in [0.717, 1.165) is 6.07 Å². The number of alkyl halides is 3.